The molecule has 2 saturated heterocycles. The van der Waals surface area contributed by atoms with Gasteiger partial charge in [0.05, 0.1) is 5.75 Å². The Balaban J connectivity index is 1.56. The van der Waals surface area contributed by atoms with Gasteiger partial charge in [-0.3, -0.25) is 4.79 Å². The van der Waals surface area contributed by atoms with E-state index in [2.05, 4.69) is 22.3 Å². The highest BCUT2D eigenvalue weighted by molar-refractivity contribution is 7.99. The lowest BCUT2D eigenvalue weighted by atomic mass is 10.0. The molecule has 0 spiro atoms. The first kappa shape index (κ1) is 22.6. The molecule has 1 unspecified atom stereocenters. The molecule has 2 aliphatic heterocycles. The molecule has 8 heteroatoms. The minimum Gasteiger partial charge on any atom is -0.325 e. The van der Waals surface area contributed by atoms with Gasteiger partial charge in [0, 0.05) is 43.4 Å². The Morgan fingerprint density at radius 1 is 1.14 bits per heavy atom. The predicted octanol–water partition coefficient (Wildman–Crippen LogP) is 2.81. The third-order valence-electron chi connectivity index (χ3n) is 5.62. The SMILES string of the molecule is CCCS(=O)(=O)N1CCCCC1C(=O)Nc1ccc(CCN2CCSCC2)cc1. The van der Waals surface area contributed by atoms with E-state index in [1.165, 1.54) is 21.4 Å². The molecule has 29 heavy (non-hydrogen) atoms. The Morgan fingerprint density at radius 3 is 2.55 bits per heavy atom. The van der Waals surface area contributed by atoms with Gasteiger partial charge in [-0.15, -0.1) is 0 Å². The van der Waals surface area contributed by atoms with E-state index in [4.69, 9.17) is 0 Å². The van der Waals surface area contributed by atoms with Crippen LogP contribution in [0.2, 0.25) is 0 Å². The van der Waals surface area contributed by atoms with Gasteiger partial charge in [0.25, 0.3) is 0 Å². The molecular formula is C21H33N3O3S2. The molecule has 0 radical (unpaired) electrons. The van der Waals surface area contributed by atoms with E-state index in [9.17, 15) is 13.2 Å². The molecule has 1 aromatic carbocycles. The van der Waals surface area contributed by atoms with Gasteiger partial charge < -0.3 is 10.2 Å². The van der Waals surface area contributed by atoms with Gasteiger partial charge in [-0.05, 0) is 43.4 Å². The van der Waals surface area contributed by atoms with E-state index in [-0.39, 0.29) is 11.7 Å². The lowest BCUT2D eigenvalue weighted by molar-refractivity contribution is -0.120. The molecule has 2 heterocycles. The second kappa shape index (κ2) is 10.8. The van der Waals surface area contributed by atoms with Gasteiger partial charge in [0.2, 0.25) is 15.9 Å². The number of rotatable bonds is 8. The summed E-state index contributed by atoms with van der Waals surface area (Å²) in [4.78, 5) is 15.3. The standard InChI is InChI=1S/C21H33N3O3S2/c1-2-17-29(26,27)24-11-4-3-5-20(24)21(25)22-19-8-6-18(7-9-19)10-12-23-13-15-28-16-14-23/h6-9,20H,2-5,10-17H2,1H3,(H,22,25). The molecule has 0 aliphatic carbocycles. The second-order valence-electron chi connectivity index (χ2n) is 7.83. The Hall–Kier alpha value is -1.09. The van der Waals surface area contributed by atoms with E-state index in [1.54, 1.807) is 0 Å². The number of anilines is 1. The smallest absolute Gasteiger partial charge is 0.242 e. The first-order chi connectivity index (χ1) is 14.0. The molecular weight excluding hydrogens is 406 g/mol. The van der Waals surface area contributed by atoms with Crippen LogP contribution in [0.15, 0.2) is 24.3 Å². The predicted molar refractivity (Wildman–Crippen MR) is 121 cm³/mol. The zero-order valence-electron chi connectivity index (χ0n) is 17.3. The van der Waals surface area contributed by atoms with Gasteiger partial charge in [-0.25, -0.2) is 8.42 Å². The normalized spacial score (nSPS) is 21.8. The summed E-state index contributed by atoms with van der Waals surface area (Å²) in [5.41, 5.74) is 1.98. The molecule has 3 rings (SSSR count). The van der Waals surface area contributed by atoms with Crippen LogP contribution in [-0.4, -0.2) is 73.0 Å². The van der Waals surface area contributed by atoms with Crippen molar-refractivity contribution in [2.45, 2.75) is 45.1 Å². The number of hydrogen-bond donors (Lipinski definition) is 1. The van der Waals surface area contributed by atoms with E-state index < -0.39 is 16.1 Å². The number of nitrogens with one attached hydrogen (secondary N) is 1. The fourth-order valence-electron chi connectivity index (χ4n) is 3.97. The first-order valence-electron chi connectivity index (χ1n) is 10.7. The Labute approximate surface area is 179 Å². The fraction of sp³-hybridized carbons (Fsp3) is 0.667. The van der Waals surface area contributed by atoms with Gasteiger partial charge in [-0.1, -0.05) is 25.5 Å². The van der Waals surface area contributed by atoms with Crippen LogP contribution in [0.25, 0.3) is 0 Å². The highest BCUT2D eigenvalue weighted by Gasteiger charge is 2.36. The van der Waals surface area contributed by atoms with Gasteiger partial charge in [-0.2, -0.15) is 16.1 Å². The molecule has 1 N–H and O–H groups in total. The number of nitrogens with zero attached hydrogens (tertiary/aromatic N) is 2. The summed E-state index contributed by atoms with van der Waals surface area (Å²) < 4.78 is 26.5. The summed E-state index contributed by atoms with van der Waals surface area (Å²) in [6.07, 6.45) is 3.84. The van der Waals surface area contributed by atoms with Crippen LogP contribution in [0.1, 0.15) is 38.2 Å². The number of sulfonamides is 1. The van der Waals surface area contributed by atoms with Crippen LogP contribution in [0, 0.1) is 0 Å². The fourth-order valence-corrected chi connectivity index (χ4v) is 6.69. The molecule has 6 nitrogen and oxygen atoms in total. The lowest BCUT2D eigenvalue weighted by Gasteiger charge is -2.33. The van der Waals surface area contributed by atoms with E-state index in [0.717, 1.165) is 44.6 Å². The molecule has 1 amide bonds. The molecule has 0 bridgehead atoms. The minimum atomic E-state index is -3.38. The number of carbonyl (C=O) groups excluding carboxylic acids is 1. The topological polar surface area (TPSA) is 69.7 Å². The largest absolute Gasteiger partial charge is 0.325 e. The number of carbonyl (C=O) groups is 1. The zero-order chi connectivity index (χ0) is 20.7. The number of thioether (sulfide) groups is 1. The van der Waals surface area contributed by atoms with Crippen LogP contribution >= 0.6 is 11.8 Å². The minimum absolute atomic E-state index is 0.0984. The number of amides is 1. The van der Waals surface area contributed by atoms with Crippen molar-refractivity contribution in [2.75, 3.05) is 48.8 Å². The summed E-state index contributed by atoms with van der Waals surface area (Å²) in [6.45, 7) is 5.69. The average molecular weight is 440 g/mol. The Bertz CT molecular complexity index is 762. The van der Waals surface area contributed by atoms with Crippen LogP contribution in [0.3, 0.4) is 0 Å². The third-order valence-corrected chi connectivity index (χ3v) is 8.64. The average Bonchev–Trinajstić information content (AvgIpc) is 2.74. The molecule has 0 aromatic heterocycles. The molecule has 2 fully saturated rings. The summed E-state index contributed by atoms with van der Waals surface area (Å²) in [7, 11) is -3.38. The lowest BCUT2D eigenvalue weighted by Crippen LogP contribution is -2.50. The Morgan fingerprint density at radius 2 is 1.86 bits per heavy atom. The summed E-state index contributed by atoms with van der Waals surface area (Å²) in [5, 5.41) is 2.93. The van der Waals surface area contributed by atoms with Gasteiger partial charge in [0.15, 0.2) is 0 Å². The van der Waals surface area contributed by atoms with Gasteiger partial charge >= 0.3 is 0 Å². The number of hydrogen-bond acceptors (Lipinski definition) is 5. The summed E-state index contributed by atoms with van der Waals surface area (Å²) >= 11 is 2.02. The van der Waals surface area contributed by atoms with Crippen LogP contribution in [-0.2, 0) is 21.2 Å². The quantitative estimate of drug-likeness (QED) is 0.675. The monoisotopic (exact) mass is 439 g/mol. The van der Waals surface area contributed by atoms with Crippen molar-refractivity contribution in [3.05, 3.63) is 29.8 Å². The van der Waals surface area contributed by atoms with E-state index in [1.807, 2.05) is 30.8 Å². The van der Waals surface area contributed by atoms with Crippen LogP contribution < -0.4 is 5.32 Å². The maximum Gasteiger partial charge on any atom is 0.242 e. The summed E-state index contributed by atoms with van der Waals surface area (Å²) in [6, 6.07) is 7.36. The third kappa shape index (κ3) is 6.44. The van der Waals surface area contributed by atoms with Crippen LogP contribution in [0.4, 0.5) is 5.69 Å². The number of piperidine rings is 1. The van der Waals surface area contributed by atoms with E-state index >= 15 is 0 Å². The second-order valence-corrected chi connectivity index (χ2v) is 11.1. The molecule has 2 aliphatic rings. The molecule has 1 atom stereocenters. The maximum absolute atomic E-state index is 12.8. The van der Waals surface area contributed by atoms with Gasteiger partial charge in [0.1, 0.15) is 6.04 Å². The van der Waals surface area contributed by atoms with Crippen molar-refractivity contribution < 1.29 is 13.2 Å². The van der Waals surface area contributed by atoms with Crippen molar-refractivity contribution in [3.8, 4) is 0 Å². The Kier molecular flexibility index (Phi) is 8.41. The van der Waals surface area contributed by atoms with Crippen LogP contribution in [0.5, 0.6) is 0 Å². The van der Waals surface area contributed by atoms with Crippen molar-refractivity contribution in [1.29, 1.82) is 0 Å². The zero-order valence-corrected chi connectivity index (χ0v) is 18.9. The number of benzene rings is 1. The van der Waals surface area contributed by atoms with Crippen molar-refractivity contribution >= 4 is 33.4 Å². The molecule has 0 saturated carbocycles. The molecule has 162 valence electrons. The highest BCUT2D eigenvalue weighted by Crippen LogP contribution is 2.23. The highest BCUT2D eigenvalue weighted by atomic mass is 32.2. The van der Waals surface area contributed by atoms with E-state index in [0.29, 0.717) is 19.4 Å². The molecule has 1 aromatic rings. The van der Waals surface area contributed by atoms with Crippen molar-refractivity contribution in [3.63, 3.8) is 0 Å². The first-order valence-corrected chi connectivity index (χ1v) is 13.5. The maximum atomic E-state index is 12.8. The summed E-state index contributed by atoms with van der Waals surface area (Å²) in [5.74, 6) is 2.32. The van der Waals surface area contributed by atoms with Crippen molar-refractivity contribution in [1.82, 2.24) is 9.21 Å². The van der Waals surface area contributed by atoms with Crippen molar-refractivity contribution in [2.24, 2.45) is 0 Å².